The predicted molar refractivity (Wildman–Crippen MR) is 74.1 cm³/mol. The Kier molecular flexibility index (Phi) is 5.36. The Bertz CT molecular complexity index is 458. The number of hydrogen-bond donors (Lipinski definition) is 2. The van der Waals surface area contributed by atoms with Crippen molar-refractivity contribution in [2.24, 2.45) is 5.92 Å². The van der Waals surface area contributed by atoms with E-state index in [9.17, 15) is 9.59 Å². The first kappa shape index (κ1) is 15.0. The largest absolute Gasteiger partial charge is 0.467 e. The maximum absolute atomic E-state index is 12.2. The van der Waals surface area contributed by atoms with Gasteiger partial charge >= 0.3 is 5.97 Å². The van der Waals surface area contributed by atoms with E-state index in [1.165, 1.54) is 7.11 Å². The molecule has 0 heterocycles. The molecule has 1 amide bonds. The summed E-state index contributed by atoms with van der Waals surface area (Å²) in [5.74, 6) is -0.780. The molecule has 5 heteroatoms. The van der Waals surface area contributed by atoms with Gasteiger partial charge in [-0.3, -0.25) is 4.79 Å². The molecule has 0 aromatic heterocycles. The number of amides is 1. The number of carbonyl (C=O) groups is 2. The van der Waals surface area contributed by atoms with Gasteiger partial charge in [-0.25, -0.2) is 4.79 Å². The van der Waals surface area contributed by atoms with E-state index in [1.54, 1.807) is 25.2 Å². The van der Waals surface area contributed by atoms with Gasteiger partial charge in [0.2, 0.25) is 0 Å². The molecule has 0 fully saturated rings. The summed E-state index contributed by atoms with van der Waals surface area (Å²) < 4.78 is 4.70. The lowest BCUT2D eigenvalue weighted by atomic mass is 10.0. The fourth-order valence-corrected chi connectivity index (χ4v) is 1.74. The van der Waals surface area contributed by atoms with Crippen molar-refractivity contribution >= 4 is 17.6 Å². The first-order valence-corrected chi connectivity index (χ1v) is 6.16. The topological polar surface area (TPSA) is 67.4 Å². The quantitative estimate of drug-likeness (QED) is 0.794. The minimum absolute atomic E-state index is 0.0434. The van der Waals surface area contributed by atoms with Crippen LogP contribution in [0, 0.1) is 5.92 Å². The number of methoxy groups -OCH3 is 1. The number of anilines is 1. The zero-order valence-corrected chi connectivity index (χ0v) is 11.7. The lowest BCUT2D eigenvalue weighted by molar-refractivity contribution is -0.144. The number of ether oxygens (including phenoxy) is 1. The van der Waals surface area contributed by atoms with E-state index >= 15 is 0 Å². The Labute approximate surface area is 113 Å². The second-order valence-corrected chi connectivity index (χ2v) is 4.51. The summed E-state index contributed by atoms with van der Waals surface area (Å²) in [7, 11) is 3.05. The summed E-state index contributed by atoms with van der Waals surface area (Å²) in [5.41, 5.74) is 1.21. The number of esters is 1. The molecule has 0 saturated heterocycles. The second-order valence-electron chi connectivity index (χ2n) is 4.51. The van der Waals surface area contributed by atoms with E-state index in [1.807, 2.05) is 19.9 Å². The zero-order chi connectivity index (χ0) is 14.4. The molecule has 104 valence electrons. The van der Waals surface area contributed by atoms with Crippen molar-refractivity contribution in [2.45, 2.75) is 19.9 Å². The first-order chi connectivity index (χ1) is 9.01. The minimum atomic E-state index is -0.651. The van der Waals surface area contributed by atoms with Crippen LogP contribution < -0.4 is 10.6 Å². The molecular weight excluding hydrogens is 244 g/mol. The van der Waals surface area contributed by atoms with E-state index < -0.39 is 12.0 Å². The Morgan fingerprint density at radius 3 is 2.37 bits per heavy atom. The van der Waals surface area contributed by atoms with Gasteiger partial charge in [0.25, 0.3) is 5.91 Å². The van der Waals surface area contributed by atoms with Crippen LogP contribution >= 0.6 is 0 Å². The number of hydrogen-bond acceptors (Lipinski definition) is 4. The molecule has 0 radical (unpaired) electrons. The molecule has 5 nitrogen and oxygen atoms in total. The minimum Gasteiger partial charge on any atom is -0.467 e. The van der Waals surface area contributed by atoms with Crippen LogP contribution in [0.15, 0.2) is 24.3 Å². The van der Waals surface area contributed by atoms with Gasteiger partial charge in [-0.1, -0.05) is 26.0 Å². The molecule has 0 aliphatic carbocycles. The number of para-hydroxylation sites is 1. The summed E-state index contributed by atoms with van der Waals surface area (Å²) >= 11 is 0. The van der Waals surface area contributed by atoms with Gasteiger partial charge < -0.3 is 15.4 Å². The van der Waals surface area contributed by atoms with E-state index in [0.29, 0.717) is 11.3 Å². The molecule has 0 spiro atoms. The number of rotatable bonds is 5. The highest BCUT2D eigenvalue weighted by atomic mass is 16.5. The fraction of sp³-hybridized carbons (Fsp3) is 0.429. The van der Waals surface area contributed by atoms with Gasteiger partial charge in [-0.15, -0.1) is 0 Å². The Balaban J connectivity index is 2.91. The van der Waals surface area contributed by atoms with Gasteiger partial charge in [0.1, 0.15) is 6.04 Å². The van der Waals surface area contributed by atoms with E-state index in [0.717, 1.165) is 0 Å². The van der Waals surface area contributed by atoms with E-state index in [-0.39, 0.29) is 11.8 Å². The van der Waals surface area contributed by atoms with Crippen LogP contribution in [0.2, 0.25) is 0 Å². The molecule has 1 aromatic rings. The van der Waals surface area contributed by atoms with Crippen molar-refractivity contribution < 1.29 is 14.3 Å². The SMILES string of the molecule is CNc1ccccc1C(=O)N[C@H](C(=O)OC)C(C)C. The number of nitrogens with one attached hydrogen (secondary N) is 2. The first-order valence-electron chi connectivity index (χ1n) is 6.16. The van der Waals surface area contributed by atoms with E-state index in [2.05, 4.69) is 10.6 Å². The van der Waals surface area contributed by atoms with Crippen LogP contribution in [0.1, 0.15) is 24.2 Å². The third-order valence-corrected chi connectivity index (χ3v) is 2.85. The molecule has 1 rings (SSSR count). The van der Waals surface area contributed by atoms with Crippen LogP contribution in [0.4, 0.5) is 5.69 Å². The summed E-state index contributed by atoms with van der Waals surface area (Å²) in [6, 6.07) is 6.47. The molecule has 0 aliphatic heterocycles. The molecule has 0 saturated carbocycles. The average molecular weight is 264 g/mol. The summed E-state index contributed by atoms with van der Waals surface area (Å²) in [5, 5.41) is 5.65. The third kappa shape index (κ3) is 3.71. The van der Waals surface area contributed by atoms with Crippen LogP contribution in [-0.4, -0.2) is 32.1 Å². The second kappa shape index (κ2) is 6.78. The predicted octanol–water partition coefficient (Wildman–Crippen LogP) is 1.66. The van der Waals surface area contributed by atoms with Crippen molar-refractivity contribution in [3.05, 3.63) is 29.8 Å². The third-order valence-electron chi connectivity index (χ3n) is 2.85. The Hall–Kier alpha value is -2.04. The Morgan fingerprint density at radius 2 is 1.84 bits per heavy atom. The number of carbonyl (C=O) groups excluding carboxylic acids is 2. The number of benzene rings is 1. The maximum atomic E-state index is 12.2. The lowest BCUT2D eigenvalue weighted by Gasteiger charge is -2.20. The van der Waals surface area contributed by atoms with E-state index in [4.69, 9.17) is 4.74 Å². The van der Waals surface area contributed by atoms with Crippen molar-refractivity contribution in [3.63, 3.8) is 0 Å². The van der Waals surface area contributed by atoms with Crippen molar-refractivity contribution in [1.29, 1.82) is 0 Å². The molecule has 1 aromatic carbocycles. The van der Waals surface area contributed by atoms with Crippen LogP contribution in [0.3, 0.4) is 0 Å². The smallest absolute Gasteiger partial charge is 0.328 e. The fourth-order valence-electron chi connectivity index (χ4n) is 1.74. The van der Waals surface area contributed by atoms with Crippen LogP contribution in [0.25, 0.3) is 0 Å². The summed E-state index contributed by atoms with van der Waals surface area (Å²) in [6.07, 6.45) is 0. The maximum Gasteiger partial charge on any atom is 0.328 e. The molecule has 2 N–H and O–H groups in total. The van der Waals surface area contributed by atoms with Crippen molar-refractivity contribution in [1.82, 2.24) is 5.32 Å². The highest BCUT2D eigenvalue weighted by Gasteiger charge is 2.25. The highest BCUT2D eigenvalue weighted by molar-refractivity contribution is 6.01. The Morgan fingerprint density at radius 1 is 1.21 bits per heavy atom. The van der Waals surface area contributed by atoms with Crippen molar-refractivity contribution in [2.75, 3.05) is 19.5 Å². The molecule has 19 heavy (non-hydrogen) atoms. The van der Waals surface area contributed by atoms with Gasteiger partial charge in [0, 0.05) is 12.7 Å². The van der Waals surface area contributed by atoms with Crippen LogP contribution in [0.5, 0.6) is 0 Å². The van der Waals surface area contributed by atoms with Gasteiger partial charge in [-0.05, 0) is 18.1 Å². The van der Waals surface area contributed by atoms with Gasteiger partial charge in [0.15, 0.2) is 0 Å². The average Bonchev–Trinajstić information content (AvgIpc) is 2.43. The molecule has 1 atom stereocenters. The zero-order valence-electron chi connectivity index (χ0n) is 11.7. The van der Waals surface area contributed by atoms with Gasteiger partial charge in [-0.2, -0.15) is 0 Å². The summed E-state index contributed by atoms with van der Waals surface area (Å²) in [4.78, 5) is 23.8. The standard InChI is InChI=1S/C14H20N2O3/c1-9(2)12(14(18)19-4)16-13(17)10-7-5-6-8-11(10)15-3/h5-9,12,15H,1-4H3,(H,16,17)/t12-/m0/s1. The normalized spacial score (nSPS) is 11.8. The summed E-state index contributed by atoms with van der Waals surface area (Å²) in [6.45, 7) is 3.71. The lowest BCUT2D eigenvalue weighted by Crippen LogP contribution is -2.45. The monoisotopic (exact) mass is 264 g/mol. The molecule has 0 bridgehead atoms. The van der Waals surface area contributed by atoms with Crippen LogP contribution in [-0.2, 0) is 9.53 Å². The molecular formula is C14H20N2O3. The highest BCUT2D eigenvalue weighted by Crippen LogP contribution is 2.15. The molecule has 0 aliphatic rings. The van der Waals surface area contributed by atoms with Gasteiger partial charge in [0.05, 0.1) is 12.7 Å². The molecule has 0 unspecified atom stereocenters. The van der Waals surface area contributed by atoms with Crippen molar-refractivity contribution in [3.8, 4) is 0 Å².